The summed E-state index contributed by atoms with van der Waals surface area (Å²) in [5, 5.41) is 2.80. The van der Waals surface area contributed by atoms with Crippen LogP contribution < -0.4 is 5.32 Å². The van der Waals surface area contributed by atoms with Gasteiger partial charge in [-0.15, -0.1) is 0 Å². The molecule has 0 aliphatic carbocycles. The van der Waals surface area contributed by atoms with Gasteiger partial charge in [0.1, 0.15) is 0 Å². The number of nitrogens with one attached hydrogen (secondary N) is 1. The highest BCUT2D eigenvalue weighted by molar-refractivity contribution is 5.79. The van der Waals surface area contributed by atoms with Crippen molar-refractivity contribution in [2.75, 3.05) is 20.3 Å². The van der Waals surface area contributed by atoms with Crippen LogP contribution in [0.1, 0.15) is 12.8 Å². The van der Waals surface area contributed by atoms with Crippen LogP contribution in [0.4, 0.5) is 0 Å². The van der Waals surface area contributed by atoms with E-state index in [2.05, 4.69) is 23.8 Å². The monoisotopic (exact) mass is 196 g/mol. The number of hydrogen-bond acceptors (Lipinski definition) is 3. The molecule has 1 amide bonds. The molecule has 14 heavy (non-hydrogen) atoms. The van der Waals surface area contributed by atoms with Crippen LogP contribution in [0.2, 0.25) is 0 Å². The molecule has 0 aromatic rings. The van der Waals surface area contributed by atoms with Crippen LogP contribution in [-0.2, 0) is 9.53 Å². The van der Waals surface area contributed by atoms with Crippen LogP contribution in [0, 0.1) is 0 Å². The topological polar surface area (TPSA) is 41.6 Å². The second kappa shape index (κ2) is 3.71. The van der Waals surface area contributed by atoms with Gasteiger partial charge in [-0.05, 0) is 13.5 Å². The van der Waals surface area contributed by atoms with Crippen LogP contribution in [0.5, 0.6) is 0 Å². The Morgan fingerprint density at radius 1 is 1.57 bits per heavy atom. The van der Waals surface area contributed by atoms with Crippen LogP contribution in [-0.4, -0.2) is 43.2 Å². The van der Waals surface area contributed by atoms with E-state index in [-0.39, 0.29) is 11.9 Å². The summed E-state index contributed by atoms with van der Waals surface area (Å²) in [5.41, 5.74) is 0.829. The van der Waals surface area contributed by atoms with Crippen molar-refractivity contribution in [2.45, 2.75) is 24.9 Å². The number of likely N-dealkylation sites (N-methyl/N-ethyl adjacent to an activating group) is 1. The predicted molar refractivity (Wildman–Crippen MR) is 52.7 cm³/mol. The van der Waals surface area contributed by atoms with Gasteiger partial charge in [-0.1, -0.05) is 6.58 Å². The average molecular weight is 196 g/mol. The number of nitrogens with zero attached hydrogens (tertiary/aromatic N) is 1. The number of hydrogen-bond donors (Lipinski definition) is 1. The first-order valence-corrected chi connectivity index (χ1v) is 4.97. The fourth-order valence-electron chi connectivity index (χ4n) is 1.93. The minimum absolute atomic E-state index is 0.0875. The maximum Gasteiger partial charge on any atom is 0.224 e. The lowest BCUT2D eigenvalue weighted by Crippen LogP contribution is -2.54. The molecule has 78 valence electrons. The molecule has 1 N–H and O–H groups in total. The zero-order valence-electron chi connectivity index (χ0n) is 8.45. The Morgan fingerprint density at radius 3 is 2.79 bits per heavy atom. The molecule has 0 saturated carbocycles. The Balaban J connectivity index is 1.95. The molecule has 2 fully saturated rings. The molecular weight excluding hydrogens is 180 g/mol. The van der Waals surface area contributed by atoms with Gasteiger partial charge in [0, 0.05) is 18.2 Å². The van der Waals surface area contributed by atoms with Crippen molar-refractivity contribution in [3.63, 3.8) is 0 Å². The molecule has 4 heteroatoms. The van der Waals surface area contributed by atoms with E-state index in [4.69, 9.17) is 4.74 Å². The summed E-state index contributed by atoms with van der Waals surface area (Å²) >= 11 is 0. The van der Waals surface area contributed by atoms with E-state index >= 15 is 0 Å². The van der Waals surface area contributed by atoms with E-state index < -0.39 is 0 Å². The number of ether oxygens (including phenoxy) is 1. The van der Waals surface area contributed by atoms with Gasteiger partial charge < -0.3 is 10.1 Å². The van der Waals surface area contributed by atoms with Crippen molar-refractivity contribution in [3.8, 4) is 0 Å². The summed E-state index contributed by atoms with van der Waals surface area (Å²) in [6, 6.07) is 0.772. The highest BCUT2D eigenvalue weighted by Crippen LogP contribution is 2.21. The van der Waals surface area contributed by atoms with E-state index in [1.165, 1.54) is 0 Å². The summed E-state index contributed by atoms with van der Waals surface area (Å²) in [7, 11) is 2.07. The van der Waals surface area contributed by atoms with Crippen LogP contribution in [0.15, 0.2) is 12.3 Å². The zero-order chi connectivity index (χ0) is 10.1. The molecule has 1 atom stereocenters. The fourth-order valence-corrected chi connectivity index (χ4v) is 1.93. The molecule has 2 saturated heterocycles. The van der Waals surface area contributed by atoms with E-state index in [1.807, 2.05) is 0 Å². The molecule has 2 aliphatic rings. The maximum absolute atomic E-state index is 11.1. The van der Waals surface area contributed by atoms with Crippen molar-refractivity contribution in [2.24, 2.45) is 0 Å². The van der Waals surface area contributed by atoms with Crippen molar-refractivity contribution in [1.82, 2.24) is 10.2 Å². The van der Waals surface area contributed by atoms with Crippen LogP contribution >= 0.6 is 0 Å². The average Bonchev–Trinajstić information content (AvgIpc) is 2.00. The van der Waals surface area contributed by atoms with E-state index in [1.54, 1.807) is 0 Å². The molecule has 0 aromatic carbocycles. The standard InChI is InChI=1S/C10H16N2O2/c1-7-9(3-4-10(13)11-7)12(2)8-5-14-6-8/h8-9H,1,3-6H2,2H3,(H,11,13). The number of amides is 1. The minimum atomic E-state index is 0.0875. The molecule has 0 bridgehead atoms. The fraction of sp³-hybridized carbons (Fsp3) is 0.700. The van der Waals surface area contributed by atoms with Crippen molar-refractivity contribution in [3.05, 3.63) is 12.3 Å². The van der Waals surface area contributed by atoms with Gasteiger partial charge in [-0.25, -0.2) is 0 Å². The Labute approximate surface area is 83.9 Å². The maximum atomic E-state index is 11.1. The first kappa shape index (κ1) is 9.68. The van der Waals surface area contributed by atoms with Crippen LogP contribution in [0.3, 0.4) is 0 Å². The third kappa shape index (κ3) is 1.67. The summed E-state index contributed by atoms with van der Waals surface area (Å²) in [5.74, 6) is 0.0875. The molecule has 2 aliphatic heterocycles. The summed E-state index contributed by atoms with van der Waals surface area (Å²) in [6.07, 6.45) is 1.47. The van der Waals surface area contributed by atoms with Gasteiger partial charge in [0.15, 0.2) is 0 Å². The normalized spacial score (nSPS) is 28.9. The van der Waals surface area contributed by atoms with E-state index in [0.717, 1.165) is 25.3 Å². The largest absolute Gasteiger partial charge is 0.378 e. The first-order chi connectivity index (χ1) is 6.68. The number of rotatable bonds is 2. The molecule has 2 heterocycles. The molecular formula is C10H16N2O2. The second-order valence-corrected chi connectivity index (χ2v) is 3.98. The molecule has 0 aromatic heterocycles. The minimum Gasteiger partial charge on any atom is -0.378 e. The SMILES string of the molecule is C=C1NC(=O)CCC1N(C)C1COC1. The molecule has 4 nitrogen and oxygen atoms in total. The molecule has 1 unspecified atom stereocenters. The highest BCUT2D eigenvalue weighted by Gasteiger charge is 2.32. The van der Waals surface area contributed by atoms with Crippen LogP contribution in [0.25, 0.3) is 0 Å². The number of piperidine rings is 1. The van der Waals surface area contributed by atoms with Gasteiger partial charge in [-0.3, -0.25) is 9.69 Å². The Morgan fingerprint density at radius 2 is 2.29 bits per heavy atom. The number of carbonyl (C=O) groups excluding carboxylic acids is 1. The number of carbonyl (C=O) groups is 1. The van der Waals surface area contributed by atoms with Gasteiger partial charge in [0.05, 0.1) is 19.3 Å². The Kier molecular flexibility index (Phi) is 2.56. The van der Waals surface area contributed by atoms with Gasteiger partial charge in [0.2, 0.25) is 5.91 Å². The summed E-state index contributed by atoms with van der Waals surface area (Å²) in [4.78, 5) is 13.3. The summed E-state index contributed by atoms with van der Waals surface area (Å²) < 4.78 is 5.14. The lowest BCUT2D eigenvalue weighted by Gasteiger charge is -2.41. The third-order valence-corrected chi connectivity index (χ3v) is 3.04. The predicted octanol–water partition coefficient (Wildman–Crippen LogP) is 0.109. The quantitative estimate of drug-likeness (QED) is 0.681. The van der Waals surface area contributed by atoms with Crippen molar-refractivity contribution < 1.29 is 9.53 Å². The lowest BCUT2D eigenvalue weighted by molar-refractivity contribution is -0.123. The first-order valence-electron chi connectivity index (χ1n) is 4.97. The highest BCUT2D eigenvalue weighted by atomic mass is 16.5. The van der Waals surface area contributed by atoms with Gasteiger partial charge >= 0.3 is 0 Å². The van der Waals surface area contributed by atoms with Crippen molar-refractivity contribution in [1.29, 1.82) is 0 Å². The molecule has 2 rings (SSSR count). The lowest BCUT2D eigenvalue weighted by atomic mass is 10.0. The smallest absolute Gasteiger partial charge is 0.224 e. The van der Waals surface area contributed by atoms with E-state index in [9.17, 15) is 4.79 Å². The Bertz CT molecular complexity index is 261. The zero-order valence-corrected chi connectivity index (χ0v) is 8.45. The van der Waals surface area contributed by atoms with Gasteiger partial charge in [0.25, 0.3) is 0 Å². The summed E-state index contributed by atoms with van der Waals surface area (Å²) in [6.45, 7) is 5.49. The molecule has 0 spiro atoms. The molecule has 0 radical (unpaired) electrons. The van der Waals surface area contributed by atoms with E-state index in [0.29, 0.717) is 12.5 Å². The van der Waals surface area contributed by atoms with Crippen molar-refractivity contribution >= 4 is 5.91 Å². The van der Waals surface area contributed by atoms with Gasteiger partial charge in [-0.2, -0.15) is 0 Å². The second-order valence-electron chi connectivity index (χ2n) is 3.98. The Hall–Kier alpha value is -0.870. The third-order valence-electron chi connectivity index (χ3n) is 3.04.